The number of para-hydroxylation sites is 2. The molecule has 0 amide bonds. The standard InChI is InChI=1S/C13H15N3/c14-8-7-13(5-6-13)12-9-15-10-3-1-2-4-11(10)16-12/h1-4,9H,5-8,14H2. The van der Waals surface area contributed by atoms with Gasteiger partial charge in [-0.1, -0.05) is 12.1 Å². The van der Waals surface area contributed by atoms with Gasteiger partial charge in [0, 0.05) is 11.6 Å². The fourth-order valence-corrected chi connectivity index (χ4v) is 2.27. The van der Waals surface area contributed by atoms with Gasteiger partial charge in [0.25, 0.3) is 0 Å². The van der Waals surface area contributed by atoms with Gasteiger partial charge >= 0.3 is 0 Å². The van der Waals surface area contributed by atoms with Crippen molar-refractivity contribution in [3.8, 4) is 0 Å². The van der Waals surface area contributed by atoms with E-state index in [1.54, 1.807) is 0 Å². The Kier molecular flexibility index (Phi) is 2.14. The van der Waals surface area contributed by atoms with E-state index in [4.69, 9.17) is 10.7 Å². The summed E-state index contributed by atoms with van der Waals surface area (Å²) < 4.78 is 0. The molecule has 0 unspecified atom stereocenters. The molecule has 1 aliphatic carbocycles. The normalized spacial score (nSPS) is 17.6. The SMILES string of the molecule is NCCC1(c2cnc3ccccc3n2)CC1. The molecule has 0 radical (unpaired) electrons. The zero-order valence-corrected chi connectivity index (χ0v) is 9.19. The van der Waals surface area contributed by atoms with E-state index < -0.39 is 0 Å². The third kappa shape index (κ3) is 1.48. The van der Waals surface area contributed by atoms with E-state index in [9.17, 15) is 0 Å². The van der Waals surface area contributed by atoms with Crippen LogP contribution < -0.4 is 5.73 Å². The van der Waals surface area contributed by atoms with Gasteiger partial charge in [-0.25, -0.2) is 4.98 Å². The molecule has 16 heavy (non-hydrogen) atoms. The summed E-state index contributed by atoms with van der Waals surface area (Å²) >= 11 is 0. The lowest BCUT2D eigenvalue weighted by atomic mass is 9.98. The average Bonchev–Trinajstić information content (AvgIpc) is 3.10. The molecule has 1 heterocycles. The Morgan fingerprint density at radius 2 is 1.94 bits per heavy atom. The molecule has 3 heteroatoms. The molecule has 1 aromatic carbocycles. The van der Waals surface area contributed by atoms with E-state index in [1.807, 2.05) is 30.5 Å². The Morgan fingerprint density at radius 1 is 1.19 bits per heavy atom. The maximum atomic E-state index is 5.66. The van der Waals surface area contributed by atoms with Crippen molar-refractivity contribution in [2.24, 2.45) is 5.73 Å². The van der Waals surface area contributed by atoms with Crippen molar-refractivity contribution in [1.82, 2.24) is 9.97 Å². The molecule has 0 atom stereocenters. The third-order valence-corrected chi connectivity index (χ3v) is 3.47. The lowest BCUT2D eigenvalue weighted by molar-refractivity contribution is 0.610. The number of nitrogens with two attached hydrogens (primary N) is 1. The molecule has 82 valence electrons. The average molecular weight is 213 g/mol. The van der Waals surface area contributed by atoms with Gasteiger partial charge in [-0.15, -0.1) is 0 Å². The first kappa shape index (κ1) is 9.73. The molecule has 0 bridgehead atoms. The van der Waals surface area contributed by atoms with Crippen LogP contribution in [0.2, 0.25) is 0 Å². The Hall–Kier alpha value is -1.48. The maximum Gasteiger partial charge on any atom is 0.0890 e. The van der Waals surface area contributed by atoms with E-state index in [-0.39, 0.29) is 5.41 Å². The first-order chi connectivity index (χ1) is 7.84. The Labute approximate surface area is 94.7 Å². The van der Waals surface area contributed by atoms with Crippen LogP contribution in [0, 0.1) is 0 Å². The Bertz CT molecular complexity index is 517. The molecule has 1 aromatic heterocycles. The number of nitrogens with zero attached hydrogens (tertiary/aromatic N) is 2. The summed E-state index contributed by atoms with van der Waals surface area (Å²) in [6.07, 6.45) is 5.36. The predicted octanol–water partition coefficient (Wildman–Crippen LogP) is 2.01. The highest BCUT2D eigenvalue weighted by molar-refractivity contribution is 5.73. The molecule has 0 spiro atoms. The minimum Gasteiger partial charge on any atom is -0.330 e. The topological polar surface area (TPSA) is 51.8 Å². The number of hydrogen-bond acceptors (Lipinski definition) is 3. The van der Waals surface area contributed by atoms with Crippen molar-refractivity contribution in [2.45, 2.75) is 24.7 Å². The number of fused-ring (bicyclic) bond motifs is 1. The van der Waals surface area contributed by atoms with Gasteiger partial charge in [0.1, 0.15) is 0 Å². The number of rotatable bonds is 3. The van der Waals surface area contributed by atoms with Crippen LogP contribution in [0.15, 0.2) is 30.5 Å². The van der Waals surface area contributed by atoms with Gasteiger partial charge in [0.15, 0.2) is 0 Å². The van der Waals surface area contributed by atoms with Crippen LogP contribution in [-0.4, -0.2) is 16.5 Å². The van der Waals surface area contributed by atoms with Crippen LogP contribution in [-0.2, 0) is 5.41 Å². The molecule has 0 saturated heterocycles. The molecular formula is C13H15N3. The van der Waals surface area contributed by atoms with Gasteiger partial charge in [-0.3, -0.25) is 4.98 Å². The quantitative estimate of drug-likeness (QED) is 0.848. The minimum atomic E-state index is 0.242. The third-order valence-electron chi connectivity index (χ3n) is 3.47. The summed E-state index contributed by atoms with van der Waals surface area (Å²) in [7, 11) is 0. The van der Waals surface area contributed by atoms with Gasteiger partial charge in [-0.05, 0) is 37.9 Å². The first-order valence-corrected chi connectivity index (χ1v) is 5.76. The van der Waals surface area contributed by atoms with Gasteiger partial charge in [0.2, 0.25) is 0 Å². The summed E-state index contributed by atoms with van der Waals surface area (Å²) in [4.78, 5) is 9.18. The van der Waals surface area contributed by atoms with Crippen LogP contribution in [0.4, 0.5) is 0 Å². The number of hydrogen-bond donors (Lipinski definition) is 1. The fourth-order valence-electron chi connectivity index (χ4n) is 2.27. The lowest BCUT2D eigenvalue weighted by Crippen LogP contribution is -2.15. The van der Waals surface area contributed by atoms with Crippen molar-refractivity contribution >= 4 is 11.0 Å². The van der Waals surface area contributed by atoms with Gasteiger partial charge in [-0.2, -0.15) is 0 Å². The van der Waals surface area contributed by atoms with Crippen LogP contribution in [0.3, 0.4) is 0 Å². The van der Waals surface area contributed by atoms with E-state index in [1.165, 1.54) is 12.8 Å². The summed E-state index contributed by atoms with van der Waals surface area (Å²) in [5, 5.41) is 0. The van der Waals surface area contributed by atoms with Gasteiger partial charge in [0.05, 0.1) is 16.7 Å². The summed E-state index contributed by atoms with van der Waals surface area (Å²) in [6.45, 7) is 0.731. The molecule has 3 nitrogen and oxygen atoms in total. The molecule has 1 saturated carbocycles. The molecule has 1 fully saturated rings. The van der Waals surface area contributed by atoms with Crippen LogP contribution in [0.1, 0.15) is 25.0 Å². The maximum absolute atomic E-state index is 5.66. The molecule has 3 rings (SSSR count). The van der Waals surface area contributed by atoms with E-state index in [0.717, 1.165) is 29.7 Å². The molecule has 2 N–H and O–H groups in total. The fraction of sp³-hybridized carbons (Fsp3) is 0.385. The predicted molar refractivity (Wildman–Crippen MR) is 64.1 cm³/mol. The molecular weight excluding hydrogens is 198 g/mol. The smallest absolute Gasteiger partial charge is 0.0890 e. The van der Waals surface area contributed by atoms with Crippen LogP contribution in [0.25, 0.3) is 11.0 Å². The Balaban J connectivity index is 2.05. The Morgan fingerprint density at radius 3 is 2.62 bits per heavy atom. The number of benzene rings is 1. The minimum absolute atomic E-state index is 0.242. The monoisotopic (exact) mass is 213 g/mol. The highest BCUT2D eigenvalue weighted by Crippen LogP contribution is 2.49. The van der Waals surface area contributed by atoms with Crippen LogP contribution >= 0.6 is 0 Å². The van der Waals surface area contributed by atoms with Crippen molar-refractivity contribution < 1.29 is 0 Å². The van der Waals surface area contributed by atoms with Crippen molar-refractivity contribution in [1.29, 1.82) is 0 Å². The highest BCUT2D eigenvalue weighted by Gasteiger charge is 2.44. The summed E-state index contributed by atoms with van der Waals surface area (Å²) in [5.41, 5.74) is 8.98. The zero-order chi connectivity index (χ0) is 11.0. The van der Waals surface area contributed by atoms with Crippen LogP contribution in [0.5, 0.6) is 0 Å². The van der Waals surface area contributed by atoms with Crippen molar-refractivity contribution in [2.75, 3.05) is 6.54 Å². The lowest BCUT2D eigenvalue weighted by Gasteiger charge is -2.13. The second kappa shape index (κ2) is 3.52. The first-order valence-electron chi connectivity index (χ1n) is 5.76. The largest absolute Gasteiger partial charge is 0.330 e. The van der Waals surface area contributed by atoms with E-state index >= 15 is 0 Å². The molecule has 2 aromatic rings. The van der Waals surface area contributed by atoms with Crippen molar-refractivity contribution in [3.05, 3.63) is 36.2 Å². The second-order valence-electron chi connectivity index (χ2n) is 4.56. The molecule has 1 aliphatic rings. The zero-order valence-electron chi connectivity index (χ0n) is 9.19. The van der Waals surface area contributed by atoms with Crippen molar-refractivity contribution in [3.63, 3.8) is 0 Å². The highest BCUT2D eigenvalue weighted by atomic mass is 14.8. The molecule has 0 aliphatic heterocycles. The number of aromatic nitrogens is 2. The summed E-state index contributed by atoms with van der Waals surface area (Å²) in [6, 6.07) is 8.01. The second-order valence-corrected chi connectivity index (χ2v) is 4.56. The van der Waals surface area contributed by atoms with E-state index in [0.29, 0.717) is 0 Å². The summed E-state index contributed by atoms with van der Waals surface area (Å²) in [5.74, 6) is 0. The van der Waals surface area contributed by atoms with Gasteiger partial charge < -0.3 is 5.73 Å². The van der Waals surface area contributed by atoms with E-state index in [2.05, 4.69) is 4.98 Å².